The standard InChI is InChI=1S/C25H26N8O2/c1-31-20-19(21(34)32(2)25(31)35)33-23(27-16-14-18-11-7-4-8-12-18)29-22(30-24(33)28-20)26-15-13-17-9-5-3-6-10-17/h3-12H,13-16H2,1-2H3,(H2,26,27,28,29,30). The summed E-state index contributed by atoms with van der Waals surface area (Å²) in [6, 6.07) is 20.2. The van der Waals surface area contributed by atoms with Crippen LogP contribution in [0.5, 0.6) is 0 Å². The Morgan fingerprint density at radius 1 is 0.743 bits per heavy atom. The van der Waals surface area contributed by atoms with Crippen LogP contribution in [-0.4, -0.2) is 41.6 Å². The molecule has 2 aromatic carbocycles. The minimum Gasteiger partial charge on any atom is -0.355 e. The molecule has 5 rings (SSSR count). The van der Waals surface area contributed by atoms with E-state index in [9.17, 15) is 9.59 Å². The van der Waals surface area contributed by atoms with Gasteiger partial charge >= 0.3 is 5.69 Å². The van der Waals surface area contributed by atoms with Crippen LogP contribution >= 0.6 is 0 Å². The van der Waals surface area contributed by atoms with E-state index in [2.05, 4.69) is 49.9 Å². The first kappa shape index (κ1) is 22.3. The van der Waals surface area contributed by atoms with Crippen LogP contribution in [0.15, 0.2) is 70.3 Å². The third-order valence-corrected chi connectivity index (χ3v) is 5.95. The van der Waals surface area contributed by atoms with Crippen molar-refractivity contribution in [1.82, 2.24) is 28.5 Å². The first-order valence-electron chi connectivity index (χ1n) is 11.4. The van der Waals surface area contributed by atoms with Crippen LogP contribution in [-0.2, 0) is 26.9 Å². The molecule has 0 amide bonds. The fraction of sp³-hybridized carbons (Fsp3) is 0.240. The van der Waals surface area contributed by atoms with E-state index in [1.807, 2.05) is 36.4 Å². The largest absolute Gasteiger partial charge is 0.355 e. The molecule has 178 valence electrons. The van der Waals surface area contributed by atoms with E-state index in [0.717, 1.165) is 17.4 Å². The Morgan fingerprint density at radius 3 is 1.97 bits per heavy atom. The van der Waals surface area contributed by atoms with Crippen molar-refractivity contribution in [2.45, 2.75) is 12.8 Å². The van der Waals surface area contributed by atoms with Crippen molar-refractivity contribution in [1.29, 1.82) is 0 Å². The molecule has 2 N–H and O–H groups in total. The minimum atomic E-state index is -0.449. The van der Waals surface area contributed by atoms with Gasteiger partial charge in [-0.05, 0) is 24.0 Å². The van der Waals surface area contributed by atoms with Gasteiger partial charge < -0.3 is 10.6 Å². The quantitative estimate of drug-likeness (QED) is 0.357. The molecule has 0 aliphatic heterocycles. The Labute approximate surface area is 200 Å². The van der Waals surface area contributed by atoms with Crippen LogP contribution in [0.4, 0.5) is 11.9 Å². The van der Waals surface area contributed by atoms with Crippen molar-refractivity contribution >= 4 is 28.8 Å². The average Bonchev–Trinajstić information content (AvgIpc) is 3.27. The summed E-state index contributed by atoms with van der Waals surface area (Å²) in [5, 5.41) is 6.60. The lowest BCUT2D eigenvalue weighted by atomic mass is 10.1. The van der Waals surface area contributed by atoms with Crippen LogP contribution < -0.4 is 21.9 Å². The summed E-state index contributed by atoms with van der Waals surface area (Å²) in [4.78, 5) is 39.2. The number of nitrogens with zero attached hydrogens (tertiary/aromatic N) is 6. The predicted octanol–water partition coefficient (Wildman–Crippen LogP) is 1.98. The molecule has 0 aliphatic rings. The highest BCUT2D eigenvalue weighted by Gasteiger charge is 2.20. The highest BCUT2D eigenvalue weighted by molar-refractivity contribution is 5.77. The molecular formula is C25H26N8O2. The molecule has 10 nitrogen and oxygen atoms in total. The second-order valence-electron chi connectivity index (χ2n) is 8.32. The van der Waals surface area contributed by atoms with Gasteiger partial charge in [-0.1, -0.05) is 60.7 Å². The lowest BCUT2D eigenvalue weighted by molar-refractivity contribution is 0.708. The third kappa shape index (κ3) is 4.37. The van der Waals surface area contributed by atoms with Crippen LogP contribution in [0.2, 0.25) is 0 Å². The Kier molecular flexibility index (Phi) is 6.01. The van der Waals surface area contributed by atoms with Crippen LogP contribution in [0.25, 0.3) is 16.9 Å². The lowest BCUT2D eigenvalue weighted by Crippen LogP contribution is -2.37. The number of benzene rings is 2. The summed E-state index contributed by atoms with van der Waals surface area (Å²) in [7, 11) is 3.04. The van der Waals surface area contributed by atoms with Gasteiger partial charge in [-0.15, -0.1) is 0 Å². The normalized spacial score (nSPS) is 11.3. The van der Waals surface area contributed by atoms with E-state index in [0.29, 0.717) is 25.0 Å². The van der Waals surface area contributed by atoms with Crippen LogP contribution in [0.1, 0.15) is 11.1 Å². The molecule has 0 atom stereocenters. The number of nitrogens with one attached hydrogen (secondary N) is 2. The van der Waals surface area contributed by atoms with E-state index in [1.54, 1.807) is 11.4 Å². The molecule has 10 heteroatoms. The van der Waals surface area contributed by atoms with Crippen molar-refractivity contribution < 1.29 is 0 Å². The first-order valence-corrected chi connectivity index (χ1v) is 11.4. The van der Waals surface area contributed by atoms with Gasteiger partial charge in [-0.25, -0.2) is 9.20 Å². The van der Waals surface area contributed by atoms with Crippen molar-refractivity contribution in [3.05, 3.63) is 92.6 Å². The molecule has 0 unspecified atom stereocenters. The van der Waals surface area contributed by atoms with Crippen LogP contribution in [0.3, 0.4) is 0 Å². The third-order valence-electron chi connectivity index (χ3n) is 5.95. The van der Waals surface area contributed by atoms with E-state index in [4.69, 9.17) is 0 Å². The van der Waals surface area contributed by atoms with Crippen molar-refractivity contribution in [3.8, 4) is 0 Å². The topological polar surface area (TPSA) is 111 Å². The maximum Gasteiger partial charge on any atom is 0.332 e. The van der Waals surface area contributed by atoms with Crippen LogP contribution in [0, 0.1) is 0 Å². The van der Waals surface area contributed by atoms with Crippen molar-refractivity contribution in [2.75, 3.05) is 23.7 Å². The molecule has 0 aliphatic carbocycles. The van der Waals surface area contributed by atoms with Gasteiger partial charge in [-0.2, -0.15) is 15.0 Å². The molecule has 0 spiro atoms. The summed E-state index contributed by atoms with van der Waals surface area (Å²) in [5.41, 5.74) is 2.00. The molecule has 3 aromatic heterocycles. The molecule has 5 aromatic rings. The molecule has 3 heterocycles. The number of imidazole rings is 1. The van der Waals surface area contributed by atoms with Gasteiger partial charge in [0.05, 0.1) is 0 Å². The zero-order valence-corrected chi connectivity index (χ0v) is 19.6. The van der Waals surface area contributed by atoms with Gasteiger partial charge in [0.2, 0.25) is 17.7 Å². The maximum absolute atomic E-state index is 13.0. The Morgan fingerprint density at radius 2 is 1.34 bits per heavy atom. The Bertz CT molecular complexity index is 1600. The van der Waals surface area contributed by atoms with E-state index in [1.165, 1.54) is 22.7 Å². The number of aromatic nitrogens is 6. The second kappa shape index (κ2) is 9.41. The summed E-state index contributed by atoms with van der Waals surface area (Å²) in [5.74, 6) is 1.12. The molecule has 0 saturated heterocycles. The number of hydrogen-bond donors (Lipinski definition) is 2. The lowest BCUT2D eigenvalue weighted by Gasteiger charge is -2.11. The average molecular weight is 471 g/mol. The Hall–Kier alpha value is -4.47. The number of anilines is 2. The summed E-state index contributed by atoms with van der Waals surface area (Å²) in [6.07, 6.45) is 1.57. The highest BCUT2D eigenvalue weighted by atomic mass is 16.2. The zero-order chi connectivity index (χ0) is 24.4. The highest BCUT2D eigenvalue weighted by Crippen LogP contribution is 2.18. The summed E-state index contributed by atoms with van der Waals surface area (Å²) < 4.78 is 4.00. The van der Waals surface area contributed by atoms with E-state index in [-0.39, 0.29) is 16.9 Å². The van der Waals surface area contributed by atoms with Gasteiger partial charge in [-0.3, -0.25) is 13.9 Å². The number of fused-ring (bicyclic) bond motifs is 3. The first-order chi connectivity index (χ1) is 17.0. The maximum atomic E-state index is 13.0. The molecular weight excluding hydrogens is 444 g/mol. The minimum absolute atomic E-state index is 0.252. The molecule has 0 fully saturated rings. The van der Waals surface area contributed by atoms with Gasteiger partial charge in [0.15, 0.2) is 11.2 Å². The van der Waals surface area contributed by atoms with Crippen molar-refractivity contribution in [2.24, 2.45) is 14.1 Å². The fourth-order valence-corrected chi connectivity index (χ4v) is 4.05. The molecule has 35 heavy (non-hydrogen) atoms. The monoisotopic (exact) mass is 470 g/mol. The second-order valence-corrected chi connectivity index (χ2v) is 8.32. The fourth-order valence-electron chi connectivity index (χ4n) is 4.05. The van der Waals surface area contributed by atoms with E-state index < -0.39 is 11.2 Å². The predicted molar refractivity (Wildman–Crippen MR) is 136 cm³/mol. The Balaban J connectivity index is 1.53. The number of aryl methyl sites for hydroxylation is 1. The van der Waals surface area contributed by atoms with E-state index >= 15 is 0 Å². The van der Waals surface area contributed by atoms with Gasteiger partial charge in [0.1, 0.15) is 0 Å². The van der Waals surface area contributed by atoms with Gasteiger partial charge in [0, 0.05) is 27.2 Å². The number of hydrogen-bond acceptors (Lipinski definition) is 7. The zero-order valence-electron chi connectivity index (χ0n) is 19.6. The molecule has 0 radical (unpaired) electrons. The molecule has 0 saturated carbocycles. The molecule has 0 bridgehead atoms. The SMILES string of the molecule is Cn1c(=O)c2c(nc3nc(NCCc4ccccc4)nc(NCCc4ccccc4)n32)n(C)c1=O. The summed E-state index contributed by atoms with van der Waals surface area (Å²) in [6.45, 7) is 1.22. The summed E-state index contributed by atoms with van der Waals surface area (Å²) >= 11 is 0. The number of rotatable bonds is 8. The van der Waals surface area contributed by atoms with Crippen molar-refractivity contribution in [3.63, 3.8) is 0 Å². The smallest absolute Gasteiger partial charge is 0.332 e. The van der Waals surface area contributed by atoms with Gasteiger partial charge in [0.25, 0.3) is 5.56 Å².